The minimum Gasteiger partial charge on any atom is -0.455 e. The van der Waals surface area contributed by atoms with Crippen molar-refractivity contribution in [3.63, 3.8) is 0 Å². The van der Waals surface area contributed by atoms with Gasteiger partial charge in [-0.3, -0.25) is 19.7 Å². The number of halogens is 3. The minimum absolute atomic E-state index is 0.329. The number of nitro groups is 1. The van der Waals surface area contributed by atoms with Crippen LogP contribution >= 0.6 is 0 Å². The molecule has 0 heterocycles. The Balaban J connectivity index is 2.02. The number of carbonyl (C=O) groups is 2. The summed E-state index contributed by atoms with van der Waals surface area (Å²) in [5.74, 6) is -1.94. The largest absolute Gasteiger partial charge is 0.455 e. The number of nitro benzene ring substituents is 1. The van der Waals surface area contributed by atoms with Gasteiger partial charge in [-0.15, -0.1) is 0 Å². The number of hydrogen-bond donors (Lipinski definition) is 1. The van der Waals surface area contributed by atoms with Crippen molar-refractivity contribution in [2.75, 3.05) is 11.9 Å². The van der Waals surface area contributed by atoms with Crippen LogP contribution in [0.5, 0.6) is 0 Å². The zero-order valence-electron chi connectivity index (χ0n) is 13.4. The second-order valence-corrected chi connectivity index (χ2v) is 5.62. The molecule has 2 rings (SSSR count). The normalized spacial score (nSPS) is 16.8. The summed E-state index contributed by atoms with van der Waals surface area (Å²) in [6.07, 6.45) is 0.619. The van der Waals surface area contributed by atoms with Gasteiger partial charge >= 0.3 is 12.1 Å². The van der Waals surface area contributed by atoms with Gasteiger partial charge < -0.3 is 10.1 Å². The first-order valence-electron chi connectivity index (χ1n) is 7.65. The molecule has 1 amide bonds. The first-order valence-corrected chi connectivity index (χ1v) is 7.65. The molecular formula is C16H15F3N2O5. The van der Waals surface area contributed by atoms with Crippen molar-refractivity contribution in [1.29, 1.82) is 0 Å². The molecule has 0 radical (unpaired) electrons. The molecule has 26 heavy (non-hydrogen) atoms. The summed E-state index contributed by atoms with van der Waals surface area (Å²) in [5, 5.41) is 12.6. The van der Waals surface area contributed by atoms with Gasteiger partial charge in [0.1, 0.15) is 0 Å². The van der Waals surface area contributed by atoms with E-state index in [9.17, 15) is 32.9 Å². The third kappa shape index (κ3) is 5.04. The van der Waals surface area contributed by atoms with E-state index in [1.807, 2.05) is 17.5 Å². The maximum Gasteiger partial charge on any atom is 0.418 e. The number of esters is 1. The number of hydrogen-bond acceptors (Lipinski definition) is 5. The van der Waals surface area contributed by atoms with Crippen LogP contribution in [0.4, 0.5) is 24.5 Å². The highest BCUT2D eigenvalue weighted by molar-refractivity contribution is 5.93. The number of carbonyl (C=O) groups excluding carboxylic acids is 2. The fraction of sp³-hybridized carbons (Fsp3) is 0.375. The van der Waals surface area contributed by atoms with Crippen LogP contribution in [0.2, 0.25) is 0 Å². The van der Waals surface area contributed by atoms with Crippen LogP contribution in [0.1, 0.15) is 24.8 Å². The van der Waals surface area contributed by atoms with Gasteiger partial charge in [0.15, 0.2) is 6.61 Å². The number of amides is 1. The van der Waals surface area contributed by atoms with Crippen molar-refractivity contribution in [1.82, 2.24) is 0 Å². The maximum atomic E-state index is 13.0. The fourth-order valence-electron chi connectivity index (χ4n) is 2.44. The standard InChI is InChI=1S/C16H15F3N2O5/c17-16(18,19)12-8-11(21(24)25)6-7-13(12)20-14(22)9-26-15(23)10-4-2-1-3-5-10/h1-2,6-8,10H,3-5,9H2,(H,20,22)/t10-/m1/s1. The number of anilines is 1. The number of allylic oxidation sites excluding steroid dienone is 2. The Morgan fingerprint density at radius 3 is 2.62 bits per heavy atom. The monoisotopic (exact) mass is 372 g/mol. The molecule has 10 heteroatoms. The average molecular weight is 372 g/mol. The van der Waals surface area contributed by atoms with Crippen LogP contribution in [-0.2, 0) is 20.5 Å². The van der Waals surface area contributed by atoms with Gasteiger partial charge in [0, 0.05) is 12.1 Å². The SMILES string of the molecule is O=C(COC(=O)[C@@H]1CC=CCC1)Nc1ccc([N+](=O)[O-])cc1C(F)(F)F. The highest BCUT2D eigenvalue weighted by Crippen LogP contribution is 2.37. The number of alkyl halides is 3. The van der Waals surface area contributed by atoms with Crippen LogP contribution in [0, 0.1) is 16.0 Å². The Morgan fingerprint density at radius 1 is 1.31 bits per heavy atom. The van der Waals surface area contributed by atoms with Crippen molar-refractivity contribution < 1.29 is 32.4 Å². The second kappa shape index (κ2) is 7.98. The number of rotatable bonds is 5. The molecule has 0 aliphatic heterocycles. The second-order valence-electron chi connectivity index (χ2n) is 5.62. The lowest BCUT2D eigenvalue weighted by atomic mass is 9.95. The van der Waals surface area contributed by atoms with Gasteiger partial charge in [0.25, 0.3) is 11.6 Å². The molecule has 0 aromatic heterocycles. The number of ether oxygens (including phenoxy) is 1. The summed E-state index contributed by atoms with van der Waals surface area (Å²) in [6, 6.07) is 1.95. The first kappa shape index (κ1) is 19.4. The average Bonchev–Trinajstić information content (AvgIpc) is 2.59. The van der Waals surface area contributed by atoms with Crippen LogP contribution in [-0.4, -0.2) is 23.4 Å². The predicted molar refractivity (Wildman–Crippen MR) is 84.2 cm³/mol. The molecule has 1 N–H and O–H groups in total. The molecule has 140 valence electrons. The molecule has 1 aliphatic rings. The van der Waals surface area contributed by atoms with Gasteiger partial charge in [-0.05, 0) is 25.3 Å². The van der Waals surface area contributed by atoms with Crippen molar-refractivity contribution in [3.8, 4) is 0 Å². The van der Waals surface area contributed by atoms with E-state index in [1.165, 1.54) is 0 Å². The first-order chi connectivity index (χ1) is 12.2. The van der Waals surface area contributed by atoms with Crippen LogP contribution in [0.25, 0.3) is 0 Å². The van der Waals surface area contributed by atoms with Crippen molar-refractivity contribution in [2.45, 2.75) is 25.4 Å². The van der Waals surface area contributed by atoms with Crippen LogP contribution in [0.3, 0.4) is 0 Å². The number of nitrogens with one attached hydrogen (secondary N) is 1. The molecular weight excluding hydrogens is 357 g/mol. The van der Waals surface area contributed by atoms with Crippen molar-refractivity contribution in [3.05, 3.63) is 46.0 Å². The molecule has 0 saturated heterocycles. The molecule has 1 aromatic rings. The molecule has 0 unspecified atom stereocenters. The number of non-ortho nitro benzene ring substituents is 1. The van der Waals surface area contributed by atoms with Gasteiger partial charge in [-0.2, -0.15) is 13.2 Å². The quantitative estimate of drug-likeness (QED) is 0.369. The molecule has 1 aliphatic carbocycles. The van der Waals surface area contributed by atoms with E-state index < -0.39 is 46.5 Å². The van der Waals surface area contributed by atoms with E-state index in [0.29, 0.717) is 25.3 Å². The summed E-state index contributed by atoms with van der Waals surface area (Å²) in [5.41, 5.74) is -2.76. The molecule has 0 fully saturated rings. The van der Waals surface area contributed by atoms with E-state index in [-0.39, 0.29) is 5.92 Å². The van der Waals surface area contributed by atoms with Gasteiger partial charge in [-0.1, -0.05) is 12.2 Å². The summed E-state index contributed by atoms with van der Waals surface area (Å²) in [4.78, 5) is 33.3. The van der Waals surface area contributed by atoms with E-state index in [2.05, 4.69) is 0 Å². The Labute approximate surface area is 146 Å². The van der Waals surface area contributed by atoms with E-state index in [1.54, 1.807) is 0 Å². The van der Waals surface area contributed by atoms with Crippen LogP contribution in [0.15, 0.2) is 30.4 Å². The maximum absolute atomic E-state index is 13.0. The highest BCUT2D eigenvalue weighted by atomic mass is 19.4. The summed E-state index contributed by atoms with van der Waals surface area (Å²) in [7, 11) is 0. The molecule has 1 aromatic carbocycles. The molecule has 7 nitrogen and oxygen atoms in total. The van der Waals surface area contributed by atoms with Crippen LogP contribution < -0.4 is 5.32 Å². The summed E-state index contributed by atoms with van der Waals surface area (Å²) in [6.45, 7) is -0.743. The lowest BCUT2D eigenvalue weighted by Crippen LogP contribution is -2.26. The molecule has 0 spiro atoms. The number of nitrogens with zero attached hydrogens (tertiary/aromatic N) is 1. The van der Waals surface area contributed by atoms with E-state index in [4.69, 9.17) is 4.74 Å². The zero-order chi connectivity index (χ0) is 19.3. The minimum atomic E-state index is -4.90. The highest BCUT2D eigenvalue weighted by Gasteiger charge is 2.35. The molecule has 1 atom stereocenters. The van der Waals surface area contributed by atoms with Gasteiger partial charge in [0.05, 0.1) is 22.1 Å². The van der Waals surface area contributed by atoms with Crippen molar-refractivity contribution in [2.24, 2.45) is 5.92 Å². The molecule has 0 bridgehead atoms. The summed E-state index contributed by atoms with van der Waals surface area (Å²) >= 11 is 0. The van der Waals surface area contributed by atoms with E-state index in [0.717, 1.165) is 12.1 Å². The fourth-order valence-corrected chi connectivity index (χ4v) is 2.44. The summed E-state index contributed by atoms with van der Waals surface area (Å²) < 4.78 is 43.9. The third-order valence-electron chi connectivity index (χ3n) is 3.74. The predicted octanol–water partition coefficient (Wildman–Crippen LogP) is 3.45. The van der Waals surface area contributed by atoms with Gasteiger partial charge in [-0.25, -0.2) is 0 Å². The third-order valence-corrected chi connectivity index (χ3v) is 3.74. The number of benzene rings is 1. The Kier molecular flexibility index (Phi) is 5.96. The smallest absolute Gasteiger partial charge is 0.418 e. The van der Waals surface area contributed by atoms with Gasteiger partial charge in [0.2, 0.25) is 0 Å². The Morgan fingerprint density at radius 2 is 2.04 bits per heavy atom. The Hall–Kier alpha value is -2.91. The Bertz CT molecular complexity index is 746. The lowest BCUT2D eigenvalue weighted by molar-refractivity contribution is -0.385. The lowest BCUT2D eigenvalue weighted by Gasteiger charge is -2.17. The zero-order valence-corrected chi connectivity index (χ0v) is 13.4. The molecule has 0 saturated carbocycles. The van der Waals surface area contributed by atoms with Crippen molar-refractivity contribution >= 4 is 23.3 Å². The topological polar surface area (TPSA) is 98.5 Å². The van der Waals surface area contributed by atoms with E-state index >= 15 is 0 Å².